The number of rotatable bonds is 2. The minimum Gasteiger partial charge on any atom is -0.343 e. The van der Waals surface area contributed by atoms with Gasteiger partial charge in [-0.25, -0.2) is 0 Å². The molecular formula is C20H35N3O2. The van der Waals surface area contributed by atoms with E-state index in [-0.39, 0.29) is 11.3 Å². The number of piperidine rings is 1. The Morgan fingerprint density at radius 3 is 2.12 bits per heavy atom. The van der Waals surface area contributed by atoms with Crippen molar-refractivity contribution in [1.29, 1.82) is 0 Å². The maximum absolute atomic E-state index is 13.1. The Morgan fingerprint density at radius 1 is 0.800 bits per heavy atom. The van der Waals surface area contributed by atoms with Crippen LogP contribution < -0.4 is 0 Å². The molecule has 3 fully saturated rings. The number of likely N-dealkylation sites (tertiary alicyclic amines) is 1. The van der Waals surface area contributed by atoms with Crippen LogP contribution in [0.1, 0.15) is 65.2 Å². The third-order valence-electron chi connectivity index (χ3n) is 6.72. The van der Waals surface area contributed by atoms with Crippen molar-refractivity contribution in [3.8, 4) is 0 Å². The van der Waals surface area contributed by atoms with E-state index < -0.39 is 0 Å². The quantitative estimate of drug-likeness (QED) is 0.769. The molecule has 0 N–H and O–H groups in total. The summed E-state index contributed by atoms with van der Waals surface area (Å²) >= 11 is 0. The minimum atomic E-state index is -0.111. The number of hydrogen-bond acceptors (Lipinski definition) is 3. The summed E-state index contributed by atoms with van der Waals surface area (Å²) in [5, 5.41) is 0. The van der Waals surface area contributed by atoms with Crippen molar-refractivity contribution in [2.45, 2.75) is 71.3 Å². The Bertz CT molecular complexity index is 479. The lowest BCUT2D eigenvalue weighted by Crippen LogP contribution is -2.48. The SMILES string of the molecule is CC(=O)N1CCC(N2CCCN(C(=O)C3(C)CCCCC3)CC2)CC1. The van der Waals surface area contributed by atoms with Crippen LogP contribution in [-0.4, -0.2) is 71.8 Å². The lowest BCUT2D eigenvalue weighted by molar-refractivity contribution is -0.143. The van der Waals surface area contributed by atoms with Gasteiger partial charge in [0.25, 0.3) is 0 Å². The fraction of sp³-hybridized carbons (Fsp3) is 0.900. The zero-order valence-electron chi connectivity index (χ0n) is 16.1. The molecule has 0 aromatic rings. The zero-order chi connectivity index (χ0) is 17.9. The maximum atomic E-state index is 13.1. The van der Waals surface area contributed by atoms with Gasteiger partial charge in [0.2, 0.25) is 11.8 Å². The van der Waals surface area contributed by atoms with Crippen molar-refractivity contribution < 1.29 is 9.59 Å². The highest BCUT2D eigenvalue weighted by Gasteiger charge is 2.38. The van der Waals surface area contributed by atoms with Gasteiger partial charge in [0.15, 0.2) is 0 Å². The van der Waals surface area contributed by atoms with Crippen molar-refractivity contribution >= 4 is 11.8 Å². The average molecular weight is 350 g/mol. The van der Waals surface area contributed by atoms with Crippen LogP contribution in [0.4, 0.5) is 0 Å². The number of hydrogen-bond donors (Lipinski definition) is 0. The van der Waals surface area contributed by atoms with Crippen LogP contribution in [0.15, 0.2) is 0 Å². The highest BCUT2D eigenvalue weighted by atomic mass is 16.2. The van der Waals surface area contributed by atoms with Crippen LogP contribution in [-0.2, 0) is 9.59 Å². The van der Waals surface area contributed by atoms with E-state index in [0.29, 0.717) is 11.9 Å². The molecule has 142 valence electrons. The molecule has 2 saturated heterocycles. The molecule has 0 unspecified atom stereocenters. The molecular weight excluding hydrogens is 314 g/mol. The van der Waals surface area contributed by atoms with E-state index in [4.69, 9.17) is 0 Å². The predicted molar refractivity (Wildman–Crippen MR) is 99.2 cm³/mol. The molecule has 0 bridgehead atoms. The lowest BCUT2D eigenvalue weighted by Gasteiger charge is -2.38. The summed E-state index contributed by atoms with van der Waals surface area (Å²) in [6.07, 6.45) is 9.06. The van der Waals surface area contributed by atoms with E-state index in [1.807, 2.05) is 4.90 Å². The molecule has 1 aliphatic carbocycles. The van der Waals surface area contributed by atoms with Gasteiger partial charge in [-0.05, 0) is 32.1 Å². The third-order valence-corrected chi connectivity index (χ3v) is 6.72. The van der Waals surface area contributed by atoms with Crippen LogP contribution in [0.5, 0.6) is 0 Å². The van der Waals surface area contributed by atoms with Gasteiger partial charge in [-0.15, -0.1) is 0 Å². The molecule has 25 heavy (non-hydrogen) atoms. The summed E-state index contributed by atoms with van der Waals surface area (Å²) < 4.78 is 0. The van der Waals surface area contributed by atoms with Crippen molar-refractivity contribution in [3.63, 3.8) is 0 Å². The van der Waals surface area contributed by atoms with Gasteiger partial charge < -0.3 is 9.80 Å². The Kier molecular flexibility index (Phi) is 6.03. The first-order valence-electron chi connectivity index (χ1n) is 10.3. The first-order chi connectivity index (χ1) is 12.0. The second-order valence-electron chi connectivity index (χ2n) is 8.54. The minimum absolute atomic E-state index is 0.111. The molecule has 0 radical (unpaired) electrons. The van der Waals surface area contributed by atoms with E-state index in [9.17, 15) is 9.59 Å². The first kappa shape index (κ1) is 18.7. The smallest absolute Gasteiger partial charge is 0.228 e. The van der Waals surface area contributed by atoms with E-state index >= 15 is 0 Å². The van der Waals surface area contributed by atoms with E-state index in [1.54, 1.807) is 6.92 Å². The Balaban J connectivity index is 1.52. The van der Waals surface area contributed by atoms with Gasteiger partial charge in [-0.1, -0.05) is 26.2 Å². The summed E-state index contributed by atoms with van der Waals surface area (Å²) in [7, 11) is 0. The fourth-order valence-corrected chi connectivity index (χ4v) is 4.98. The van der Waals surface area contributed by atoms with Gasteiger partial charge in [0.1, 0.15) is 0 Å². The van der Waals surface area contributed by atoms with Crippen LogP contribution in [0.3, 0.4) is 0 Å². The van der Waals surface area contributed by atoms with Crippen LogP contribution in [0.2, 0.25) is 0 Å². The fourth-order valence-electron chi connectivity index (χ4n) is 4.98. The van der Waals surface area contributed by atoms with Gasteiger partial charge >= 0.3 is 0 Å². The topological polar surface area (TPSA) is 43.9 Å². The summed E-state index contributed by atoms with van der Waals surface area (Å²) in [5.41, 5.74) is -0.111. The Labute approximate surface area is 152 Å². The first-order valence-corrected chi connectivity index (χ1v) is 10.3. The monoisotopic (exact) mass is 349 g/mol. The Morgan fingerprint density at radius 2 is 1.48 bits per heavy atom. The third kappa shape index (κ3) is 4.36. The van der Waals surface area contributed by atoms with Gasteiger partial charge in [-0.2, -0.15) is 0 Å². The van der Waals surface area contributed by atoms with Crippen molar-refractivity contribution in [1.82, 2.24) is 14.7 Å². The standard InChI is InChI=1S/C20H35N3O2/c1-17(24)21-13-7-18(8-14-21)22-11-6-12-23(16-15-22)19(25)20(2)9-4-3-5-10-20/h18H,3-16H2,1-2H3. The molecule has 1 saturated carbocycles. The molecule has 3 aliphatic rings. The molecule has 2 aliphatic heterocycles. The molecule has 5 nitrogen and oxygen atoms in total. The van der Waals surface area contributed by atoms with Crippen molar-refractivity contribution in [2.75, 3.05) is 39.3 Å². The molecule has 5 heteroatoms. The molecule has 0 spiro atoms. The molecule has 0 aromatic carbocycles. The highest BCUT2D eigenvalue weighted by molar-refractivity contribution is 5.82. The zero-order valence-corrected chi connectivity index (χ0v) is 16.1. The number of amides is 2. The van der Waals surface area contributed by atoms with Crippen LogP contribution in [0, 0.1) is 5.41 Å². The second-order valence-corrected chi connectivity index (χ2v) is 8.54. The summed E-state index contributed by atoms with van der Waals surface area (Å²) in [6, 6.07) is 0.580. The largest absolute Gasteiger partial charge is 0.343 e. The summed E-state index contributed by atoms with van der Waals surface area (Å²) in [4.78, 5) is 31.3. The summed E-state index contributed by atoms with van der Waals surface area (Å²) in [6.45, 7) is 9.50. The average Bonchev–Trinajstić information content (AvgIpc) is 2.88. The number of carbonyl (C=O) groups excluding carboxylic acids is 2. The van der Waals surface area contributed by atoms with E-state index in [0.717, 1.165) is 71.4 Å². The van der Waals surface area contributed by atoms with Crippen molar-refractivity contribution in [2.24, 2.45) is 5.41 Å². The van der Waals surface area contributed by atoms with Crippen LogP contribution in [0.25, 0.3) is 0 Å². The molecule has 2 heterocycles. The predicted octanol–water partition coefficient (Wildman–Crippen LogP) is 2.50. The van der Waals surface area contributed by atoms with E-state index in [1.165, 1.54) is 19.3 Å². The number of carbonyl (C=O) groups is 2. The van der Waals surface area contributed by atoms with Gasteiger partial charge in [0.05, 0.1) is 0 Å². The normalized spacial score (nSPS) is 26.3. The van der Waals surface area contributed by atoms with Gasteiger partial charge in [-0.3, -0.25) is 14.5 Å². The molecule has 2 amide bonds. The van der Waals surface area contributed by atoms with Crippen LogP contribution >= 0.6 is 0 Å². The molecule has 3 rings (SSSR count). The highest BCUT2D eigenvalue weighted by Crippen LogP contribution is 2.37. The van der Waals surface area contributed by atoms with Gasteiger partial charge in [0, 0.05) is 57.6 Å². The summed E-state index contributed by atoms with van der Waals surface area (Å²) in [5.74, 6) is 0.604. The Hall–Kier alpha value is -1.10. The number of nitrogens with zero attached hydrogens (tertiary/aromatic N) is 3. The van der Waals surface area contributed by atoms with E-state index in [2.05, 4.69) is 16.7 Å². The lowest BCUT2D eigenvalue weighted by atomic mass is 9.74. The second kappa shape index (κ2) is 8.07. The molecule has 0 atom stereocenters. The van der Waals surface area contributed by atoms with Crippen molar-refractivity contribution in [3.05, 3.63) is 0 Å². The molecule has 0 aromatic heterocycles. The maximum Gasteiger partial charge on any atom is 0.228 e.